The molecule has 0 saturated carbocycles. The van der Waals surface area contributed by atoms with Gasteiger partial charge in [-0.1, -0.05) is 36.0 Å². The molecule has 0 fully saturated rings. The fourth-order valence-electron chi connectivity index (χ4n) is 4.73. The zero-order valence-electron chi connectivity index (χ0n) is 19.1. The Hall–Kier alpha value is -2.69. The lowest BCUT2D eigenvalue weighted by molar-refractivity contribution is -0.656. The van der Waals surface area contributed by atoms with Gasteiger partial charge < -0.3 is 9.79 Å². The van der Waals surface area contributed by atoms with Gasteiger partial charge in [-0.2, -0.15) is 4.57 Å². The highest BCUT2D eigenvalue weighted by atomic mass is 32.2. The first kappa shape index (κ1) is 21.8. The van der Waals surface area contributed by atoms with Crippen LogP contribution in [0.2, 0.25) is 0 Å². The number of aromatic nitrogens is 1. The van der Waals surface area contributed by atoms with Crippen molar-refractivity contribution in [2.45, 2.75) is 30.2 Å². The fraction of sp³-hybridized carbons (Fsp3) is 0.143. The van der Waals surface area contributed by atoms with Crippen molar-refractivity contribution in [1.29, 1.82) is 0 Å². The monoisotopic (exact) mass is 499 g/mol. The molecular weight excluding hydrogens is 475 g/mol. The smallest absolute Gasteiger partial charge is 0.223 e. The van der Waals surface area contributed by atoms with Crippen molar-refractivity contribution in [2.75, 3.05) is 11.4 Å². The lowest BCUT2D eigenvalue weighted by Crippen LogP contribution is -2.35. The van der Waals surface area contributed by atoms with Gasteiger partial charge in [0, 0.05) is 40.6 Å². The van der Waals surface area contributed by atoms with E-state index in [4.69, 9.17) is 0 Å². The van der Waals surface area contributed by atoms with E-state index in [0.717, 1.165) is 23.3 Å². The summed E-state index contributed by atoms with van der Waals surface area (Å²) in [4.78, 5) is 20.5. The summed E-state index contributed by atoms with van der Waals surface area (Å²) in [7, 11) is -1.69. The Labute approximate surface area is 208 Å². The van der Waals surface area contributed by atoms with Crippen LogP contribution in [0, 0.1) is 4.94 Å². The highest BCUT2D eigenvalue weighted by Crippen LogP contribution is 2.48. The van der Waals surface area contributed by atoms with Crippen LogP contribution in [0.15, 0.2) is 94.7 Å². The lowest BCUT2D eigenvalue weighted by atomic mass is 10.2. The first-order valence-corrected chi connectivity index (χ1v) is 14.4. The van der Waals surface area contributed by atoms with Gasteiger partial charge in [-0.25, -0.2) is 0 Å². The average Bonchev–Trinajstić information content (AvgIpc) is 2.89. The quantitative estimate of drug-likeness (QED) is 0.160. The fourth-order valence-corrected chi connectivity index (χ4v) is 8.38. The molecule has 3 nitrogen and oxygen atoms in total. The number of nitrogens with zero attached hydrogens (tertiary/aromatic N) is 2. The van der Waals surface area contributed by atoms with E-state index in [9.17, 15) is 4.89 Å². The van der Waals surface area contributed by atoms with E-state index in [2.05, 4.69) is 96.1 Å². The molecule has 3 aromatic carbocycles. The normalized spacial score (nSPS) is 13.7. The van der Waals surface area contributed by atoms with E-state index in [1.807, 2.05) is 12.1 Å². The van der Waals surface area contributed by atoms with Gasteiger partial charge in [-0.3, -0.25) is 0 Å². The minimum absolute atomic E-state index is 0.880. The van der Waals surface area contributed by atoms with E-state index in [1.165, 1.54) is 42.0 Å². The molecule has 3 aromatic rings. The topological polar surface area (TPSA) is 30.2 Å². The maximum absolute atomic E-state index is 13.7. The Bertz CT molecular complexity index is 1590. The number of anilines is 2. The molecule has 0 radical (unpaired) electrons. The predicted octanol–water partition coefficient (Wildman–Crippen LogP) is 6.55. The average molecular weight is 500 g/mol. The molecule has 0 bridgehead atoms. The number of aryl methyl sites for hydroxylation is 1. The molecule has 6 heteroatoms. The molecule has 0 amide bonds. The Kier molecular flexibility index (Phi) is 5.66. The van der Waals surface area contributed by atoms with Crippen molar-refractivity contribution in [3.63, 3.8) is 0 Å². The molecular formula is C28H24N2OPS2+. The van der Waals surface area contributed by atoms with E-state index in [0.29, 0.717) is 0 Å². The highest BCUT2D eigenvalue weighted by Gasteiger charge is 2.24. The van der Waals surface area contributed by atoms with E-state index < -0.39 is 7.77 Å². The van der Waals surface area contributed by atoms with Gasteiger partial charge in [0.1, 0.15) is 21.7 Å². The maximum atomic E-state index is 13.7. The molecule has 2 heterocycles. The second-order valence-electron chi connectivity index (χ2n) is 8.23. The number of fused-ring (bicyclic) bond motifs is 4. The van der Waals surface area contributed by atoms with Crippen LogP contribution in [0.3, 0.4) is 0 Å². The third kappa shape index (κ3) is 3.55. The summed E-state index contributed by atoms with van der Waals surface area (Å²) in [5.74, 6) is 0. The highest BCUT2D eigenvalue weighted by molar-refractivity contribution is 7.99. The molecule has 2 aliphatic heterocycles. The van der Waals surface area contributed by atoms with Crippen molar-refractivity contribution in [1.82, 2.24) is 0 Å². The number of hydrogen-bond donors (Lipinski definition) is 0. The summed E-state index contributed by atoms with van der Waals surface area (Å²) in [5, 5.41) is 0.880. The van der Waals surface area contributed by atoms with Crippen LogP contribution < -0.4 is 19.7 Å². The zero-order valence-corrected chi connectivity index (χ0v) is 21.6. The Morgan fingerprint density at radius 3 is 2.50 bits per heavy atom. The van der Waals surface area contributed by atoms with Gasteiger partial charge in [0.25, 0.3) is 0 Å². The lowest BCUT2D eigenvalue weighted by Gasteiger charge is -2.31. The Balaban J connectivity index is 1.49. The molecule has 1 atom stereocenters. The third-order valence-electron chi connectivity index (χ3n) is 6.32. The van der Waals surface area contributed by atoms with Crippen LogP contribution in [0.25, 0.3) is 20.8 Å². The van der Waals surface area contributed by atoms with Crippen LogP contribution >= 0.6 is 30.9 Å². The maximum Gasteiger partial charge on any atom is 0.223 e. The molecule has 0 saturated heterocycles. The molecule has 34 heavy (non-hydrogen) atoms. The SMILES string of the molecule is CCN1c2ccccc2Sc2cc([P+]([O-])=c3ccc4[n+](CC)c5ccccc5sc-4c3)ccc21. The van der Waals surface area contributed by atoms with Gasteiger partial charge in [0.2, 0.25) is 11.2 Å². The molecule has 168 valence electrons. The standard InChI is InChI=1S/C28H24N2OPS2/c1-3-29-21-9-5-7-11-25(21)33-27-17-19(13-15-23(27)29)32(31)20-14-16-24-28(18-20)34-26-12-8-6-10-22(26)30(24)4-2/h5-18H,3-4H2,1-2H3/q+1. The molecule has 0 aromatic heterocycles. The second-order valence-corrected chi connectivity index (χ2v) is 12.0. The molecule has 6 rings (SSSR count). The van der Waals surface area contributed by atoms with Gasteiger partial charge >= 0.3 is 0 Å². The Morgan fingerprint density at radius 2 is 1.65 bits per heavy atom. The van der Waals surface area contributed by atoms with Gasteiger partial charge in [0.05, 0.1) is 23.8 Å². The van der Waals surface area contributed by atoms with Crippen LogP contribution in [0.4, 0.5) is 11.4 Å². The largest absolute Gasteiger partial charge is 0.625 e. The van der Waals surface area contributed by atoms with Crippen molar-refractivity contribution in [3.05, 3.63) is 89.9 Å². The molecule has 1 aliphatic carbocycles. The van der Waals surface area contributed by atoms with Crippen molar-refractivity contribution in [3.8, 4) is 10.6 Å². The number of benzene rings is 4. The first-order valence-electron chi connectivity index (χ1n) is 11.5. The van der Waals surface area contributed by atoms with Crippen LogP contribution in [-0.2, 0) is 6.54 Å². The van der Waals surface area contributed by atoms with Crippen molar-refractivity contribution < 1.29 is 9.46 Å². The second kappa shape index (κ2) is 8.83. The van der Waals surface area contributed by atoms with Crippen LogP contribution in [0.5, 0.6) is 0 Å². The molecule has 0 N–H and O–H groups in total. The summed E-state index contributed by atoms with van der Waals surface area (Å²) in [6.45, 7) is 6.14. The Morgan fingerprint density at radius 1 is 0.853 bits per heavy atom. The van der Waals surface area contributed by atoms with E-state index in [1.54, 1.807) is 23.1 Å². The third-order valence-corrected chi connectivity index (χ3v) is 10.0. The van der Waals surface area contributed by atoms with Crippen LogP contribution in [0.1, 0.15) is 13.8 Å². The van der Waals surface area contributed by atoms with E-state index >= 15 is 0 Å². The first-order chi connectivity index (χ1) is 16.7. The van der Waals surface area contributed by atoms with Gasteiger partial charge in [0.15, 0.2) is 0 Å². The summed E-state index contributed by atoms with van der Waals surface area (Å²) in [6, 6.07) is 29.6. The van der Waals surface area contributed by atoms with E-state index in [-0.39, 0.29) is 0 Å². The molecule has 1 unspecified atom stereocenters. The zero-order chi connectivity index (χ0) is 23.2. The summed E-state index contributed by atoms with van der Waals surface area (Å²) >= 11 is 3.53. The summed E-state index contributed by atoms with van der Waals surface area (Å²) in [6.07, 6.45) is 0. The van der Waals surface area contributed by atoms with Gasteiger partial charge in [-0.05, 0) is 50.2 Å². The minimum atomic E-state index is -1.69. The van der Waals surface area contributed by atoms with Crippen molar-refractivity contribution in [2.24, 2.45) is 0 Å². The number of para-hydroxylation sites is 2. The van der Waals surface area contributed by atoms with Gasteiger partial charge in [-0.15, -0.1) is 11.3 Å². The van der Waals surface area contributed by atoms with Crippen molar-refractivity contribution >= 4 is 57.8 Å². The minimum Gasteiger partial charge on any atom is -0.625 e. The number of rotatable bonds is 3. The van der Waals surface area contributed by atoms with Crippen LogP contribution in [-0.4, -0.2) is 6.54 Å². The number of hydrogen-bond acceptors (Lipinski definition) is 4. The molecule has 3 aliphatic rings. The summed E-state index contributed by atoms with van der Waals surface area (Å²) < 4.78 is 3.58. The summed E-state index contributed by atoms with van der Waals surface area (Å²) in [5.41, 5.74) is 4.86. The predicted molar refractivity (Wildman–Crippen MR) is 144 cm³/mol. The molecule has 0 spiro atoms.